The molecule has 0 bridgehead atoms. The Labute approximate surface area is 218 Å². The van der Waals surface area contributed by atoms with Crippen molar-refractivity contribution >= 4 is 16.1 Å². The number of amides is 2. The number of carbonyl (C=O) groups is 1. The fourth-order valence-electron chi connectivity index (χ4n) is 3.19. The van der Waals surface area contributed by atoms with E-state index in [1.165, 1.54) is 24.3 Å². The van der Waals surface area contributed by atoms with Gasteiger partial charge in [0, 0.05) is 5.54 Å². The first kappa shape index (κ1) is 28.3. The third-order valence-electron chi connectivity index (χ3n) is 5.41. The molecule has 0 unspecified atom stereocenters. The quantitative estimate of drug-likeness (QED) is 0.352. The predicted molar refractivity (Wildman–Crippen MR) is 133 cm³/mol. The van der Waals surface area contributed by atoms with Gasteiger partial charge in [0.05, 0.1) is 11.6 Å². The Morgan fingerprint density at radius 2 is 1.66 bits per heavy atom. The molecule has 0 aromatic heterocycles. The number of hydrogen-bond acceptors (Lipinski definition) is 6. The Bertz CT molecular complexity index is 1460. The average Bonchev–Trinajstić information content (AvgIpc) is 2.83. The fraction of sp³-hybridized carbons (Fsp3) is 0.231. The molecule has 0 fully saturated rings. The monoisotopic (exact) mass is 547 g/mol. The molecule has 3 rings (SSSR count). The molecule has 2 amide bonds. The van der Waals surface area contributed by atoms with Crippen LogP contribution in [0.5, 0.6) is 17.2 Å². The van der Waals surface area contributed by atoms with E-state index in [1.807, 2.05) is 17.7 Å². The molecule has 0 spiro atoms. The smallest absolute Gasteiger partial charge is 0.456 e. The van der Waals surface area contributed by atoms with Crippen LogP contribution in [0.15, 0.2) is 71.6 Å². The van der Waals surface area contributed by atoms with Gasteiger partial charge >= 0.3 is 12.4 Å². The summed E-state index contributed by atoms with van der Waals surface area (Å²) in [7, 11) is -4.45. The van der Waals surface area contributed by atoms with Crippen LogP contribution < -0.4 is 19.5 Å². The maximum atomic E-state index is 13.1. The lowest BCUT2D eigenvalue weighted by Crippen LogP contribution is -2.49. The summed E-state index contributed by atoms with van der Waals surface area (Å²) < 4.78 is 75.0. The van der Waals surface area contributed by atoms with E-state index in [0.717, 1.165) is 18.2 Å². The maximum Gasteiger partial charge on any atom is 0.573 e. The highest BCUT2D eigenvalue weighted by Crippen LogP contribution is 2.33. The number of alkyl halides is 3. The molecule has 0 atom stereocenters. The predicted octanol–water partition coefficient (Wildman–Crippen LogP) is 6.09. The summed E-state index contributed by atoms with van der Waals surface area (Å²) in [5.74, 6) is -0.319. The van der Waals surface area contributed by atoms with E-state index >= 15 is 0 Å². The largest absolute Gasteiger partial charge is 0.573 e. The van der Waals surface area contributed by atoms with Crippen LogP contribution in [0.25, 0.3) is 11.1 Å². The molecule has 0 aliphatic carbocycles. The number of ether oxygens (including phenoxy) is 2. The molecular formula is C26H24F3N3O5S. The highest BCUT2D eigenvalue weighted by atomic mass is 32.2. The Kier molecular flexibility index (Phi) is 8.22. The number of rotatable bonds is 8. The molecule has 38 heavy (non-hydrogen) atoms. The van der Waals surface area contributed by atoms with Gasteiger partial charge in [-0.05, 0) is 73.9 Å². The summed E-state index contributed by atoms with van der Waals surface area (Å²) in [6.45, 7) is 5.29. The van der Waals surface area contributed by atoms with Crippen LogP contribution in [-0.2, 0) is 10.0 Å². The lowest BCUT2D eigenvalue weighted by atomic mass is 10.0. The molecule has 0 radical (unpaired) electrons. The second-order valence-electron chi connectivity index (χ2n) is 8.77. The minimum Gasteiger partial charge on any atom is -0.456 e. The van der Waals surface area contributed by atoms with Crippen LogP contribution in [0, 0.1) is 11.3 Å². The van der Waals surface area contributed by atoms with Crippen molar-refractivity contribution in [1.82, 2.24) is 10.0 Å². The van der Waals surface area contributed by atoms with Crippen molar-refractivity contribution in [1.29, 1.82) is 5.26 Å². The fourth-order valence-corrected chi connectivity index (χ4v) is 4.25. The van der Waals surface area contributed by atoms with E-state index in [-0.39, 0.29) is 22.8 Å². The van der Waals surface area contributed by atoms with E-state index < -0.39 is 32.9 Å². The minimum absolute atomic E-state index is 0.0296. The minimum atomic E-state index is -4.81. The number of nitriles is 1. The van der Waals surface area contributed by atoms with Crippen molar-refractivity contribution in [2.45, 2.75) is 44.0 Å². The molecule has 3 aromatic carbocycles. The zero-order chi connectivity index (χ0) is 28.1. The number of benzene rings is 3. The SMILES string of the molecule is CCC(C)(C)NC(=O)NS(=O)(=O)c1cc(C#N)ccc1Oc1cccc(-c2ccc(OC(F)(F)F)cc2)c1. The summed E-state index contributed by atoms with van der Waals surface area (Å²) >= 11 is 0. The summed E-state index contributed by atoms with van der Waals surface area (Å²) in [5.41, 5.74) is 0.486. The number of hydrogen-bond donors (Lipinski definition) is 2. The van der Waals surface area contributed by atoms with E-state index in [9.17, 15) is 31.6 Å². The standard InChI is InChI=1S/C26H24F3N3O5S/c1-4-25(2,3)31-24(33)32-38(34,35)23-14-17(16-30)8-13-22(23)36-21-7-5-6-19(15-21)18-9-11-20(12-10-18)37-26(27,28)29/h5-15H,4H2,1-3H3,(H2,31,32,33). The van der Waals surface area contributed by atoms with Crippen LogP contribution in [0.2, 0.25) is 0 Å². The molecule has 0 aliphatic rings. The van der Waals surface area contributed by atoms with Crippen LogP contribution in [0.4, 0.5) is 18.0 Å². The number of sulfonamides is 1. The van der Waals surface area contributed by atoms with Gasteiger partial charge in [-0.2, -0.15) is 5.26 Å². The summed E-state index contributed by atoms with van der Waals surface area (Å²) in [4.78, 5) is 11.9. The normalized spacial score (nSPS) is 11.8. The molecule has 12 heteroatoms. The van der Waals surface area contributed by atoms with Crippen LogP contribution in [0.3, 0.4) is 0 Å². The molecule has 8 nitrogen and oxygen atoms in total. The van der Waals surface area contributed by atoms with Crippen molar-refractivity contribution in [3.63, 3.8) is 0 Å². The van der Waals surface area contributed by atoms with Crippen LogP contribution in [-0.4, -0.2) is 26.4 Å². The molecule has 0 aliphatic heterocycles. The molecule has 2 N–H and O–H groups in total. The Morgan fingerprint density at radius 3 is 2.26 bits per heavy atom. The number of nitrogens with zero attached hydrogens (tertiary/aromatic N) is 1. The zero-order valence-electron chi connectivity index (χ0n) is 20.6. The molecule has 0 heterocycles. The van der Waals surface area contributed by atoms with Crippen molar-refractivity contribution in [3.8, 4) is 34.4 Å². The zero-order valence-corrected chi connectivity index (χ0v) is 21.4. The highest BCUT2D eigenvalue weighted by molar-refractivity contribution is 7.90. The molecular weight excluding hydrogens is 523 g/mol. The van der Waals surface area contributed by atoms with Gasteiger partial charge < -0.3 is 14.8 Å². The van der Waals surface area contributed by atoms with Crippen molar-refractivity contribution < 1.29 is 35.9 Å². The number of urea groups is 1. The van der Waals surface area contributed by atoms with Gasteiger partial charge in [0.25, 0.3) is 10.0 Å². The number of halogens is 3. The van der Waals surface area contributed by atoms with Gasteiger partial charge in [0.1, 0.15) is 22.1 Å². The first-order chi connectivity index (χ1) is 17.7. The Morgan fingerprint density at radius 1 is 0.974 bits per heavy atom. The third-order valence-corrected chi connectivity index (χ3v) is 6.76. The third kappa shape index (κ3) is 7.63. The first-order valence-electron chi connectivity index (χ1n) is 11.2. The number of nitrogens with one attached hydrogen (secondary N) is 2. The topological polar surface area (TPSA) is 118 Å². The lowest BCUT2D eigenvalue weighted by molar-refractivity contribution is -0.274. The van der Waals surface area contributed by atoms with Crippen LogP contribution >= 0.6 is 0 Å². The van der Waals surface area contributed by atoms with Crippen molar-refractivity contribution in [2.24, 2.45) is 0 Å². The summed E-state index contributed by atoms with van der Waals surface area (Å²) in [6.07, 6.45) is -4.26. The second-order valence-corrected chi connectivity index (χ2v) is 10.4. The average molecular weight is 548 g/mol. The maximum absolute atomic E-state index is 13.1. The number of carbonyl (C=O) groups excluding carboxylic acids is 1. The van der Waals surface area contributed by atoms with Gasteiger partial charge in [-0.15, -0.1) is 13.2 Å². The van der Waals surface area contributed by atoms with Crippen LogP contribution in [0.1, 0.15) is 32.8 Å². The Balaban J connectivity index is 1.89. The lowest BCUT2D eigenvalue weighted by Gasteiger charge is -2.24. The summed E-state index contributed by atoms with van der Waals surface area (Å²) in [5, 5.41) is 11.8. The van der Waals surface area contributed by atoms with Gasteiger partial charge in [-0.1, -0.05) is 31.2 Å². The van der Waals surface area contributed by atoms with Crippen molar-refractivity contribution in [2.75, 3.05) is 0 Å². The van der Waals surface area contributed by atoms with Gasteiger partial charge in [0.15, 0.2) is 0 Å². The highest BCUT2D eigenvalue weighted by Gasteiger charge is 2.31. The summed E-state index contributed by atoms with van der Waals surface area (Å²) in [6, 6.07) is 16.2. The van der Waals surface area contributed by atoms with E-state index in [4.69, 9.17) is 4.74 Å². The van der Waals surface area contributed by atoms with Gasteiger partial charge in [-0.25, -0.2) is 17.9 Å². The van der Waals surface area contributed by atoms with E-state index in [0.29, 0.717) is 17.5 Å². The molecule has 0 saturated heterocycles. The van der Waals surface area contributed by atoms with Gasteiger partial charge in [-0.3, -0.25) is 0 Å². The van der Waals surface area contributed by atoms with Gasteiger partial charge in [0.2, 0.25) is 0 Å². The molecule has 0 saturated carbocycles. The second kappa shape index (κ2) is 11.0. The van der Waals surface area contributed by atoms with Crippen molar-refractivity contribution in [3.05, 3.63) is 72.3 Å². The molecule has 3 aromatic rings. The molecule has 200 valence electrons. The first-order valence-corrected chi connectivity index (χ1v) is 12.7. The van der Waals surface area contributed by atoms with E-state index in [2.05, 4.69) is 10.1 Å². The Hall–Kier alpha value is -4.24. The van der Waals surface area contributed by atoms with E-state index in [1.54, 1.807) is 38.1 Å².